The first-order valence-corrected chi connectivity index (χ1v) is 47.4. The van der Waals surface area contributed by atoms with E-state index in [0.29, 0.717) is 48.9 Å². The second-order valence-electron chi connectivity index (χ2n) is 32.9. The van der Waals surface area contributed by atoms with Crippen molar-refractivity contribution in [3.8, 4) is 0 Å². The first-order chi connectivity index (χ1) is 64.0. The van der Waals surface area contributed by atoms with Gasteiger partial charge < -0.3 is 124 Å². The van der Waals surface area contributed by atoms with E-state index in [1.807, 2.05) is 35.9 Å². The molecule has 1 saturated heterocycles. The van der Waals surface area contributed by atoms with E-state index in [-0.39, 0.29) is 115 Å². The van der Waals surface area contributed by atoms with Gasteiger partial charge in [0.2, 0.25) is 110 Å². The van der Waals surface area contributed by atoms with Crippen LogP contribution in [0.1, 0.15) is 223 Å². The summed E-state index contributed by atoms with van der Waals surface area (Å²) in [6.45, 7) is 1.77. The third kappa shape index (κ3) is 46.1. The molecule has 17 amide bonds. The van der Waals surface area contributed by atoms with Crippen molar-refractivity contribution in [1.29, 1.82) is 0 Å². The third-order valence-corrected chi connectivity index (χ3v) is 23.2. The van der Waals surface area contributed by atoms with Crippen molar-refractivity contribution in [3.05, 3.63) is 90.1 Å². The van der Waals surface area contributed by atoms with Gasteiger partial charge in [0.1, 0.15) is 60.4 Å². The Kier molecular flexibility index (Phi) is 53.8. The van der Waals surface area contributed by atoms with Crippen molar-refractivity contribution in [2.75, 3.05) is 45.6 Å². The van der Waals surface area contributed by atoms with Crippen LogP contribution in [0.4, 0.5) is 0 Å². The molecule has 1 aliphatic heterocycles. The number of unbranched alkanes of at least 4 members (excludes halogenated alkanes) is 13. The van der Waals surface area contributed by atoms with E-state index >= 15 is 0 Å². The smallest absolute Gasteiger partial charge is 0.245 e. The quantitative estimate of drug-likeness (QED) is 0.0119. The maximum atomic E-state index is 14.4. The van der Waals surface area contributed by atoms with Crippen LogP contribution >= 0.6 is 0 Å². The second-order valence-corrected chi connectivity index (χ2v) is 34.8. The predicted octanol–water partition coefficient (Wildman–Crippen LogP) is -3.02. The molecule has 0 unspecified atom stereocenters. The molecule has 1 aliphatic rings. The molecule has 0 radical (unpaired) electrons. The number of aromatic amines is 2. The molecular formula is C88H140N24O21S. The van der Waals surface area contributed by atoms with E-state index in [9.17, 15) is 100 Å². The number of aliphatic imine (C=N–C) groups is 1. The molecule has 5 rings (SSSR count). The average Bonchev–Trinajstić information content (AvgIpc) is 1.65. The van der Waals surface area contributed by atoms with Crippen molar-refractivity contribution in [3.63, 3.8) is 0 Å². The van der Waals surface area contributed by atoms with E-state index in [2.05, 4.69) is 96.0 Å². The number of carbonyl (C=O) groups excluding carboxylic acids is 17. The second kappa shape index (κ2) is 63.4. The molecule has 744 valence electrons. The molecule has 0 spiro atoms. The average molecular weight is 1900 g/mol. The number of rotatable bonds is 54. The van der Waals surface area contributed by atoms with Gasteiger partial charge in [0, 0.05) is 93.4 Å². The highest BCUT2D eigenvalue weighted by atomic mass is 32.2. The normalized spacial score (nSPS) is 17.8. The van der Waals surface area contributed by atoms with E-state index in [4.69, 9.17) is 34.4 Å². The number of hydrogen-bond acceptors (Lipinski definition) is 24. The number of imidazole rings is 1. The van der Waals surface area contributed by atoms with Crippen molar-refractivity contribution in [2.45, 2.75) is 292 Å². The Morgan fingerprint density at radius 3 is 1.66 bits per heavy atom. The standard InChI is InChI=1S/C45H79N11O13S.C43H61N13O8/c1-3-5-7-8-9-10-11-12-13-14-15-16-17-20-39(61)56-70(68,69)24-18-21-38(60)49-27-40(62)51-35(28-57)44(66)53-33(22-23-37(46)59)42(64)54-34(25-31-26-48-30-50-31)43(65)55-36(29-58)45(67)52-32(41(47)63)19-6-4-2;1-48-30-17-19-36(58)49-20-8-7-14-29(37(45)59)52-42(64)34(23-26-24-51-28-13-6-5-12-27(26)28)56-39(61)31(15-9-21-50-43(46)47)53-41(63)33(22-25-10-3-2-4-11-25)55-40(62)32(54-38(30)60)16-18-35(44)57/h26,30,32-36,57-58H,3-25,27-29H2,1-2H3,(H2,46,59)(H2,47,63)(H,48,50)(H,49,60)(H,51,62)(H,52,67)(H,53,66)(H,54,64)(H,55,65)(H,56,61);2-6,10-13,24,29-34,48,51H,7-9,14-23H2,1H3,(H2,44,57)(H2,45,59)(H,49,58)(H,52,64)(H,53,63)(H,54,60)(H,55,62)(H,56,61)(H4,46,47,50)/t32-,33-,34-,35-,36-;29-,30-,31-,32-,33+,34-/m00/s1. The number of carbonyl (C=O) groups is 17. The lowest BCUT2D eigenvalue weighted by molar-refractivity contribution is -0.136. The van der Waals surface area contributed by atoms with Gasteiger partial charge in [0.15, 0.2) is 5.96 Å². The zero-order valence-electron chi connectivity index (χ0n) is 76.8. The Morgan fingerprint density at radius 2 is 1.06 bits per heavy atom. The summed E-state index contributed by atoms with van der Waals surface area (Å²) in [6, 6.07) is 1.25. The molecule has 3 heterocycles. The number of guanidine groups is 1. The molecule has 0 bridgehead atoms. The molecule has 0 aliphatic carbocycles. The number of fused-ring (bicyclic) bond motifs is 1. The van der Waals surface area contributed by atoms with Gasteiger partial charge in [-0.3, -0.25) is 91.2 Å². The Morgan fingerprint density at radius 1 is 0.522 bits per heavy atom. The fraction of sp³-hybridized carbons (Fsp3) is 0.602. The minimum atomic E-state index is -4.02. The number of para-hydroxylation sites is 1. The number of primary amides is 4. The first kappa shape index (κ1) is 114. The Bertz CT molecular complexity index is 4580. The van der Waals surface area contributed by atoms with E-state index in [0.717, 1.165) is 36.6 Å². The largest absolute Gasteiger partial charge is 0.394 e. The van der Waals surface area contributed by atoms with Crippen LogP contribution in [-0.2, 0) is 111 Å². The monoisotopic (exact) mass is 1900 g/mol. The summed E-state index contributed by atoms with van der Waals surface area (Å²) in [5, 5.41) is 53.8. The van der Waals surface area contributed by atoms with Gasteiger partial charge in [-0.15, -0.1) is 0 Å². The highest BCUT2D eigenvalue weighted by molar-refractivity contribution is 7.90. The first-order valence-electron chi connectivity index (χ1n) is 45.8. The fourth-order valence-electron chi connectivity index (χ4n) is 14.3. The molecule has 2 aromatic heterocycles. The lowest BCUT2D eigenvalue weighted by Crippen LogP contribution is -2.60. The van der Waals surface area contributed by atoms with Gasteiger partial charge in [0.05, 0.1) is 37.9 Å². The molecule has 46 heteroatoms. The van der Waals surface area contributed by atoms with Crippen LogP contribution in [0.15, 0.2) is 78.3 Å². The highest BCUT2D eigenvalue weighted by Crippen LogP contribution is 2.21. The zero-order chi connectivity index (χ0) is 98.9. The van der Waals surface area contributed by atoms with Crippen LogP contribution in [0, 0.1) is 0 Å². The third-order valence-electron chi connectivity index (χ3n) is 21.9. The van der Waals surface area contributed by atoms with Crippen LogP contribution < -0.4 is 108 Å². The number of hydrogen-bond donors (Lipinski definition) is 24. The Balaban J connectivity index is 0.000000562. The zero-order valence-corrected chi connectivity index (χ0v) is 77.6. The van der Waals surface area contributed by atoms with Crippen LogP contribution in [0.3, 0.4) is 0 Å². The fourth-order valence-corrected chi connectivity index (χ4v) is 15.4. The van der Waals surface area contributed by atoms with Gasteiger partial charge in [0.25, 0.3) is 0 Å². The molecule has 1 fully saturated rings. The van der Waals surface area contributed by atoms with Crippen LogP contribution in [0.25, 0.3) is 10.9 Å². The lowest BCUT2D eigenvalue weighted by Gasteiger charge is -2.27. The van der Waals surface area contributed by atoms with E-state index < -0.39 is 209 Å². The van der Waals surface area contributed by atoms with Gasteiger partial charge >= 0.3 is 0 Å². The number of aliphatic hydroxyl groups is 2. The number of H-pyrrole nitrogens is 2. The number of aromatic nitrogens is 3. The van der Waals surface area contributed by atoms with E-state index in [1.165, 1.54) is 70.9 Å². The molecule has 2 aromatic carbocycles. The van der Waals surface area contributed by atoms with Crippen LogP contribution in [-0.4, -0.2) is 252 Å². The predicted molar refractivity (Wildman–Crippen MR) is 496 cm³/mol. The Hall–Kier alpha value is -12.7. The molecule has 134 heavy (non-hydrogen) atoms. The van der Waals surface area contributed by atoms with Gasteiger partial charge in [-0.25, -0.2) is 13.4 Å². The summed E-state index contributed by atoms with van der Waals surface area (Å²) in [4.78, 5) is 236. The number of benzene rings is 2. The number of aliphatic hydroxyl groups excluding tert-OH is 2. The van der Waals surface area contributed by atoms with Gasteiger partial charge in [-0.2, -0.15) is 0 Å². The summed E-state index contributed by atoms with van der Waals surface area (Å²) >= 11 is 0. The highest BCUT2D eigenvalue weighted by Gasteiger charge is 2.37. The molecule has 0 saturated carbocycles. The summed E-state index contributed by atoms with van der Waals surface area (Å²) in [5.74, 6) is -14.4. The summed E-state index contributed by atoms with van der Waals surface area (Å²) in [5.41, 5.74) is 35.4. The topological polar surface area (TPSA) is 746 Å². The minimum absolute atomic E-state index is 0.0229. The van der Waals surface area contributed by atoms with Crippen molar-refractivity contribution in [2.24, 2.45) is 39.4 Å². The molecular weight excluding hydrogens is 1760 g/mol. The number of likely N-dealkylation sites (N-methyl/N-ethyl adjacent to an activating group) is 1. The van der Waals surface area contributed by atoms with Crippen molar-refractivity contribution >= 4 is 127 Å². The number of nitrogens with zero attached hydrogens (tertiary/aromatic N) is 2. The maximum Gasteiger partial charge on any atom is 0.245 e. The van der Waals surface area contributed by atoms with Crippen molar-refractivity contribution < 1.29 is 100 Å². The Labute approximate surface area is 780 Å². The van der Waals surface area contributed by atoms with E-state index in [1.54, 1.807) is 36.5 Å². The number of sulfonamides is 1. The van der Waals surface area contributed by atoms with Crippen molar-refractivity contribution in [1.82, 2.24) is 88.8 Å². The maximum absolute atomic E-state index is 14.4. The summed E-state index contributed by atoms with van der Waals surface area (Å²) < 4.78 is 26.9. The van der Waals surface area contributed by atoms with Crippen LogP contribution in [0.5, 0.6) is 0 Å². The minimum Gasteiger partial charge on any atom is -0.394 e. The van der Waals surface area contributed by atoms with Gasteiger partial charge in [-0.1, -0.05) is 152 Å². The lowest BCUT2D eigenvalue weighted by atomic mass is 10.0. The molecule has 30 N–H and O–H groups in total. The van der Waals surface area contributed by atoms with Gasteiger partial charge in [-0.05, 0) is 94.9 Å². The molecule has 11 atom stereocenters. The molecule has 4 aromatic rings. The SMILES string of the molecule is CCCCCCCCCCCCCCCC(=O)NS(=O)(=O)CCCC(=O)NCC(=O)N[C@@H](CO)C(=O)N[C@@H](CCC(N)=O)C(=O)N[C@@H](Cc1cnc[nH]1)C(=O)N[C@@H](CO)C(=O)N[C@@H](CCCC)C(N)=O.CN[C@H]1CCC(=O)NCCCC[C@@H](C(N)=O)NC(=O)[C@H](Cc2c[nH]c3ccccc23)NC(=O)[C@H](CCCN=C(N)N)NC(=O)[C@@H](Cc2ccccc2)NC(=O)[C@H](CCC(N)=O)NC1=O. The summed E-state index contributed by atoms with van der Waals surface area (Å²) in [6.07, 6.45) is 19.3. The van der Waals surface area contributed by atoms with Crippen LogP contribution in [0.2, 0.25) is 0 Å². The number of nitrogens with two attached hydrogens (primary N) is 6. The molecule has 45 nitrogen and oxygen atoms in total. The number of nitrogens with one attached hydrogen (secondary N) is 16. The summed E-state index contributed by atoms with van der Waals surface area (Å²) in [7, 11) is -2.50. The number of amides is 17.